The summed E-state index contributed by atoms with van der Waals surface area (Å²) in [5, 5.41) is 3.79. The quantitative estimate of drug-likeness (QED) is 0.584. The summed E-state index contributed by atoms with van der Waals surface area (Å²) in [5.74, 6) is 2.09. The first kappa shape index (κ1) is 17.3. The molecule has 2 fully saturated rings. The van der Waals surface area contributed by atoms with Gasteiger partial charge in [0.2, 0.25) is 0 Å². The highest BCUT2D eigenvalue weighted by molar-refractivity contribution is 4.90. The molecule has 21 heavy (non-hydrogen) atoms. The summed E-state index contributed by atoms with van der Waals surface area (Å²) in [6.07, 6.45) is 17.9. The van der Waals surface area contributed by atoms with E-state index in [-0.39, 0.29) is 0 Å². The Balaban J connectivity index is 1.87. The van der Waals surface area contributed by atoms with Gasteiger partial charge in [0, 0.05) is 12.6 Å². The predicted octanol–water partition coefficient (Wildman–Crippen LogP) is 5.93. The van der Waals surface area contributed by atoms with E-state index in [0.717, 1.165) is 11.8 Å². The molecule has 2 rings (SSSR count). The van der Waals surface area contributed by atoms with Gasteiger partial charge in [-0.3, -0.25) is 0 Å². The van der Waals surface area contributed by atoms with Gasteiger partial charge in [0.05, 0.1) is 0 Å². The van der Waals surface area contributed by atoms with Crippen molar-refractivity contribution in [2.75, 3.05) is 6.54 Å². The molecular weight excluding hydrogens is 254 g/mol. The minimum absolute atomic E-state index is 0.641. The van der Waals surface area contributed by atoms with Crippen LogP contribution >= 0.6 is 0 Å². The van der Waals surface area contributed by atoms with Gasteiger partial charge in [-0.05, 0) is 49.4 Å². The van der Waals surface area contributed by atoms with E-state index >= 15 is 0 Å². The Morgan fingerprint density at radius 1 is 1.00 bits per heavy atom. The van der Waals surface area contributed by atoms with Gasteiger partial charge >= 0.3 is 0 Å². The summed E-state index contributed by atoms with van der Waals surface area (Å²) in [5.41, 5.74) is 0.641. The van der Waals surface area contributed by atoms with Crippen molar-refractivity contribution in [3.8, 4) is 0 Å². The fourth-order valence-corrected chi connectivity index (χ4v) is 4.77. The third-order valence-corrected chi connectivity index (χ3v) is 6.21. The van der Waals surface area contributed by atoms with E-state index in [0.29, 0.717) is 11.5 Å². The lowest BCUT2D eigenvalue weighted by atomic mass is 9.65. The molecule has 2 aliphatic carbocycles. The van der Waals surface area contributed by atoms with Crippen LogP contribution in [0.3, 0.4) is 0 Å². The summed E-state index contributed by atoms with van der Waals surface area (Å²) in [4.78, 5) is 0. The molecular formula is C20H39N. The van der Waals surface area contributed by atoms with Crippen molar-refractivity contribution in [1.29, 1.82) is 0 Å². The second kappa shape index (κ2) is 8.56. The number of hydrogen-bond donors (Lipinski definition) is 1. The molecule has 0 spiro atoms. The number of unbranched alkanes of at least 4 members (excludes halogenated alkanes) is 1. The van der Waals surface area contributed by atoms with Crippen LogP contribution in [-0.2, 0) is 0 Å². The van der Waals surface area contributed by atoms with E-state index in [2.05, 4.69) is 26.1 Å². The largest absolute Gasteiger partial charge is 0.314 e. The van der Waals surface area contributed by atoms with Gasteiger partial charge in [0.15, 0.2) is 0 Å². The zero-order valence-corrected chi connectivity index (χ0v) is 14.9. The van der Waals surface area contributed by atoms with Crippen LogP contribution < -0.4 is 5.32 Å². The molecule has 0 aromatic carbocycles. The standard InChI is InChI=1S/C20H39N/c1-4-5-8-18-11-13-20(14-12-18,16-21-17(2)3)15-19-9-6-7-10-19/h17-19,21H,4-16H2,1-3H3. The van der Waals surface area contributed by atoms with Crippen LogP contribution in [0.4, 0.5) is 0 Å². The fourth-order valence-electron chi connectivity index (χ4n) is 4.77. The van der Waals surface area contributed by atoms with E-state index in [1.54, 1.807) is 0 Å². The number of rotatable bonds is 8. The first-order valence-electron chi connectivity index (χ1n) is 9.87. The Morgan fingerprint density at radius 2 is 1.67 bits per heavy atom. The highest BCUT2D eigenvalue weighted by Crippen LogP contribution is 2.47. The molecule has 2 aliphatic rings. The summed E-state index contributed by atoms with van der Waals surface area (Å²) in [6.45, 7) is 8.22. The van der Waals surface area contributed by atoms with Crippen molar-refractivity contribution in [1.82, 2.24) is 5.32 Å². The summed E-state index contributed by atoms with van der Waals surface area (Å²) >= 11 is 0. The van der Waals surface area contributed by atoms with Crippen molar-refractivity contribution in [2.24, 2.45) is 17.3 Å². The predicted molar refractivity (Wildman–Crippen MR) is 93.6 cm³/mol. The van der Waals surface area contributed by atoms with E-state index in [1.807, 2.05) is 0 Å². The first-order valence-corrected chi connectivity index (χ1v) is 9.87. The van der Waals surface area contributed by atoms with Crippen LogP contribution in [0.1, 0.15) is 97.8 Å². The molecule has 0 heterocycles. The maximum absolute atomic E-state index is 3.79. The molecule has 0 aromatic heterocycles. The van der Waals surface area contributed by atoms with Gasteiger partial charge in [0.25, 0.3) is 0 Å². The lowest BCUT2D eigenvalue weighted by molar-refractivity contribution is 0.104. The van der Waals surface area contributed by atoms with Gasteiger partial charge in [-0.1, -0.05) is 65.7 Å². The topological polar surface area (TPSA) is 12.0 Å². The molecule has 0 bridgehead atoms. The van der Waals surface area contributed by atoms with Crippen molar-refractivity contribution >= 4 is 0 Å². The van der Waals surface area contributed by atoms with Gasteiger partial charge in [0.1, 0.15) is 0 Å². The lowest BCUT2D eigenvalue weighted by Crippen LogP contribution is -2.41. The normalized spacial score (nSPS) is 31.1. The Kier molecular flexibility index (Phi) is 7.05. The highest BCUT2D eigenvalue weighted by atomic mass is 14.9. The molecule has 1 heteroatoms. The maximum Gasteiger partial charge on any atom is 0.00106 e. The van der Waals surface area contributed by atoms with E-state index in [4.69, 9.17) is 0 Å². The lowest BCUT2D eigenvalue weighted by Gasteiger charge is -2.43. The van der Waals surface area contributed by atoms with Crippen LogP contribution in [0.5, 0.6) is 0 Å². The number of hydrogen-bond acceptors (Lipinski definition) is 1. The molecule has 0 amide bonds. The Bertz CT molecular complexity index is 270. The van der Waals surface area contributed by atoms with Crippen molar-refractivity contribution < 1.29 is 0 Å². The monoisotopic (exact) mass is 293 g/mol. The Morgan fingerprint density at radius 3 is 2.24 bits per heavy atom. The van der Waals surface area contributed by atoms with E-state index < -0.39 is 0 Å². The summed E-state index contributed by atoms with van der Waals surface area (Å²) in [7, 11) is 0. The third-order valence-electron chi connectivity index (χ3n) is 6.21. The zero-order chi connectivity index (χ0) is 15.1. The average molecular weight is 294 g/mol. The summed E-state index contributed by atoms with van der Waals surface area (Å²) < 4.78 is 0. The Hall–Kier alpha value is -0.0400. The first-order chi connectivity index (χ1) is 10.1. The molecule has 124 valence electrons. The highest BCUT2D eigenvalue weighted by Gasteiger charge is 2.37. The van der Waals surface area contributed by atoms with Crippen molar-refractivity contribution in [3.63, 3.8) is 0 Å². The van der Waals surface area contributed by atoms with Gasteiger partial charge in [-0.25, -0.2) is 0 Å². The maximum atomic E-state index is 3.79. The van der Waals surface area contributed by atoms with Gasteiger partial charge in [-0.2, -0.15) is 0 Å². The molecule has 0 aliphatic heterocycles. The van der Waals surface area contributed by atoms with E-state index in [9.17, 15) is 0 Å². The summed E-state index contributed by atoms with van der Waals surface area (Å²) in [6, 6.07) is 0.642. The minimum Gasteiger partial charge on any atom is -0.314 e. The van der Waals surface area contributed by atoms with Gasteiger partial charge < -0.3 is 5.32 Å². The molecule has 2 saturated carbocycles. The van der Waals surface area contributed by atoms with Crippen molar-refractivity contribution in [3.05, 3.63) is 0 Å². The minimum atomic E-state index is 0.641. The molecule has 1 nitrogen and oxygen atoms in total. The number of nitrogens with one attached hydrogen (secondary N) is 1. The molecule has 0 unspecified atom stereocenters. The smallest absolute Gasteiger partial charge is 0.00106 e. The Labute approximate surface area is 133 Å². The average Bonchev–Trinajstić information content (AvgIpc) is 2.97. The molecule has 0 atom stereocenters. The van der Waals surface area contributed by atoms with Gasteiger partial charge in [-0.15, -0.1) is 0 Å². The SMILES string of the molecule is CCCCC1CCC(CNC(C)C)(CC2CCCC2)CC1. The van der Waals surface area contributed by atoms with Crippen LogP contribution in [0.25, 0.3) is 0 Å². The second-order valence-electron chi connectivity index (χ2n) is 8.48. The third kappa shape index (κ3) is 5.58. The van der Waals surface area contributed by atoms with Crippen LogP contribution in [-0.4, -0.2) is 12.6 Å². The van der Waals surface area contributed by atoms with Crippen LogP contribution in [0.15, 0.2) is 0 Å². The van der Waals surface area contributed by atoms with E-state index in [1.165, 1.54) is 83.6 Å². The molecule has 0 saturated heterocycles. The molecule has 0 radical (unpaired) electrons. The second-order valence-corrected chi connectivity index (χ2v) is 8.48. The van der Waals surface area contributed by atoms with Crippen molar-refractivity contribution in [2.45, 2.75) is 104 Å². The molecule has 1 N–H and O–H groups in total. The van der Waals surface area contributed by atoms with Crippen LogP contribution in [0.2, 0.25) is 0 Å². The molecule has 0 aromatic rings. The zero-order valence-electron chi connectivity index (χ0n) is 14.9. The fraction of sp³-hybridized carbons (Fsp3) is 1.00. The van der Waals surface area contributed by atoms with Crippen LogP contribution in [0, 0.1) is 17.3 Å².